The third kappa shape index (κ3) is 3.90. The lowest BCUT2D eigenvalue weighted by Gasteiger charge is -2.32. The highest BCUT2D eigenvalue weighted by molar-refractivity contribution is 5.94. The molecule has 0 N–H and O–H groups in total. The predicted molar refractivity (Wildman–Crippen MR) is 106 cm³/mol. The van der Waals surface area contributed by atoms with Gasteiger partial charge in [0.1, 0.15) is 17.4 Å². The van der Waals surface area contributed by atoms with E-state index < -0.39 is 5.82 Å². The Balaban J connectivity index is 1.51. The molecule has 1 saturated heterocycles. The maximum atomic E-state index is 13.4. The Morgan fingerprint density at radius 3 is 2.55 bits per heavy atom. The van der Waals surface area contributed by atoms with Crippen molar-refractivity contribution < 1.29 is 13.7 Å². The molecule has 0 atom stereocenters. The minimum atomic E-state index is -0.394. The Morgan fingerprint density at radius 2 is 1.90 bits per heavy atom. The highest BCUT2D eigenvalue weighted by atomic mass is 19.1. The molecule has 1 amide bonds. The number of halogens is 1. The third-order valence-electron chi connectivity index (χ3n) is 5.42. The second-order valence-corrected chi connectivity index (χ2v) is 7.50. The quantitative estimate of drug-likeness (QED) is 0.665. The van der Waals surface area contributed by atoms with Crippen molar-refractivity contribution in [2.24, 2.45) is 0 Å². The summed E-state index contributed by atoms with van der Waals surface area (Å²) in [6, 6.07) is 7.86. The van der Waals surface area contributed by atoms with Crippen LogP contribution in [0, 0.1) is 26.6 Å². The van der Waals surface area contributed by atoms with E-state index in [9.17, 15) is 9.18 Å². The van der Waals surface area contributed by atoms with Gasteiger partial charge in [-0.25, -0.2) is 14.4 Å². The molecule has 0 saturated carbocycles. The molecule has 1 fully saturated rings. The van der Waals surface area contributed by atoms with Gasteiger partial charge in [-0.2, -0.15) is 0 Å². The number of hydrogen-bond donors (Lipinski definition) is 0. The van der Waals surface area contributed by atoms with Crippen LogP contribution in [0.4, 0.5) is 4.39 Å². The van der Waals surface area contributed by atoms with Crippen LogP contribution in [0.15, 0.2) is 34.9 Å². The highest BCUT2D eigenvalue weighted by Gasteiger charge is 2.26. The van der Waals surface area contributed by atoms with E-state index in [1.807, 2.05) is 26.8 Å². The Labute approximate surface area is 168 Å². The number of carbonyl (C=O) groups is 1. The number of aromatic nitrogens is 3. The van der Waals surface area contributed by atoms with E-state index in [1.165, 1.54) is 12.1 Å². The van der Waals surface area contributed by atoms with Crippen molar-refractivity contribution in [3.63, 3.8) is 0 Å². The molecule has 0 aliphatic carbocycles. The van der Waals surface area contributed by atoms with Gasteiger partial charge < -0.3 is 9.42 Å². The summed E-state index contributed by atoms with van der Waals surface area (Å²) in [6.07, 6.45) is 1.61. The second-order valence-electron chi connectivity index (χ2n) is 7.50. The molecule has 4 rings (SSSR count). The third-order valence-corrected chi connectivity index (χ3v) is 5.42. The fourth-order valence-corrected chi connectivity index (χ4v) is 3.96. The number of likely N-dealkylation sites (tertiary alicyclic amines) is 1. The lowest BCUT2D eigenvalue weighted by Crippen LogP contribution is -2.38. The second kappa shape index (κ2) is 7.73. The Kier molecular flexibility index (Phi) is 5.13. The zero-order valence-corrected chi connectivity index (χ0v) is 16.8. The summed E-state index contributed by atoms with van der Waals surface area (Å²) in [4.78, 5) is 23.7. The smallest absolute Gasteiger partial charge is 0.253 e. The molecule has 1 aromatic carbocycles. The van der Waals surface area contributed by atoms with Gasteiger partial charge in [-0.1, -0.05) is 11.2 Å². The van der Waals surface area contributed by atoms with Gasteiger partial charge in [-0.15, -0.1) is 0 Å². The van der Waals surface area contributed by atoms with Gasteiger partial charge in [0.25, 0.3) is 5.91 Å². The number of amides is 1. The highest BCUT2D eigenvalue weighted by Crippen LogP contribution is 2.31. The standard InChI is InChI=1S/C22H23FN4O2/c1-13-21(14(2)29-26-13)20-12-19(24-15(3)25-20)16-7-9-27(10-8-16)22(28)17-5-4-6-18(23)11-17/h4-6,11-12,16H,7-10H2,1-3H3. The van der Waals surface area contributed by atoms with E-state index in [0.29, 0.717) is 24.5 Å². The van der Waals surface area contributed by atoms with E-state index in [2.05, 4.69) is 15.1 Å². The summed E-state index contributed by atoms with van der Waals surface area (Å²) in [7, 11) is 0. The van der Waals surface area contributed by atoms with E-state index in [-0.39, 0.29) is 11.8 Å². The number of piperidine rings is 1. The van der Waals surface area contributed by atoms with E-state index in [1.54, 1.807) is 17.0 Å². The first-order valence-corrected chi connectivity index (χ1v) is 9.76. The molecule has 0 unspecified atom stereocenters. The van der Waals surface area contributed by atoms with Crippen LogP contribution < -0.4 is 0 Å². The van der Waals surface area contributed by atoms with Crippen LogP contribution >= 0.6 is 0 Å². The van der Waals surface area contributed by atoms with Crippen molar-refractivity contribution in [2.45, 2.75) is 39.5 Å². The molecule has 2 aromatic heterocycles. The summed E-state index contributed by atoms with van der Waals surface area (Å²) in [6.45, 7) is 6.89. The molecule has 7 heteroatoms. The SMILES string of the molecule is Cc1nc(-c2c(C)noc2C)cc(C2CCN(C(=O)c3cccc(F)c3)CC2)n1. The molecule has 1 aliphatic rings. The average Bonchev–Trinajstić information content (AvgIpc) is 3.05. The number of nitrogens with zero attached hydrogens (tertiary/aromatic N) is 4. The molecule has 29 heavy (non-hydrogen) atoms. The van der Waals surface area contributed by atoms with Crippen LogP contribution in [0.3, 0.4) is 0 Å². The maximum absolute atomic E-state index is 13.4. The van der Waals surface area contributed by atoms with Crippen molar-refractivity contribution in [1.82, 2.24) is 20.0 Å². The topological polar surface area (TPSA) is 72.1 Å². The van der Waals surface area contributed by atoms with E-state index >= 15 is 0 Å². The number of aryl methyl sites for hydroxylation is 3. The van der Waals surface area contributed by atoms with Gasteiger partial charge in [0.05, 0.1) is 17.0 Å². The average molecular weight is 394 g/mol. The number of carbonyl (C=O) groups excluding carboxylic acids is 1. The van der Waals surface area contributed by atoms with Crippen molar-refractivity contribution in [3.8, 4) is 11.3 Å². The van der Waals surface area contributed by atoms with Crippen LogP contribution in [-0.2, 0) is 0 Å². The van der Waals surface area contributed by atoms with Crippen molar-refractivity contribution >= 4 is 5.91 Å². The van der Waals surface area contributed by atoms with Crippen molar-refractivity contribution in [3.05, 3.63) is 64.7 Å². The van der Waals surface area contributed by atoms with Crippen LogP contribution in [0.25, 0.3) is 11.3 Å². The van der Waals surface area contributed by atoms with Gasteiger partial charge in [-0.3, -0.25) is 4.79 Å². The lowest BCUT2D eigenvalue weighted by atomic mass is 9.92. The normalized spacial score (nSPS) is 15.0. The number of rotatable bonds is 3. The minimum absolute atomic E-state index is 0.127. The summed E-state index contributed by atoms with van der Waals surface area (Å²) >= 11 is 0. The van der Waals surface area contributed by atoms with Crippen molar-refractivity contribution in [2.75, 3.05) is 13.1 Å². The van der Waals surface area contributed by atoms with Gasteiger partial charge in [0.2, 0.25) is 0 Å². The molecule has 0 bridgehead atoms. The van der Waals surface area contributed by atoms with Gasteiger partial charge in [0, 0.05) is 30.3 Å². The summed E-state index contributed by atoms with van der Waals surface area (Å²) < 4.78 is 18.7. The van der Waals surface area contributed by atoms with Gasteiger partial charge >= 0.3 is 0 Å². The Morgan fingerprint density at radius 1 is 1.14 bits per heavy atom. The van der Waals surface area contributed by atoms with E-state index in [4.69, 9.17) is 4.52 Å². The van der Waals surface area contributed by atoms with Crippen LogP contribution in [0.1, 0.15) is 52.1 Å². The molecular weight excluding hydrogens is 371 g/mol. The fraction of sp³-hybridized carbons (Fsp3) is 0.364. The largest absolute Gasteiger partial charge is 0.361 e. The first-order valence-electron chi connectivity index (χ1n) is 9.76. The Hall–Kier alpha value is -3.09. The molecule has 3 heterocycles. The van der Waals surface area contributed by atoms with E-state index in [0.717, 1.165) is 41.2 Å². The summed E-state index contributed by atoms with van der Waals surface area (Å²) in [5, 5.41) is 4.02. The molecule has 1 aliphatic heterocycles. The molecule has 6 nitrogen and oxygen atoms in total. The van der Waals surface area contributed by atoms with Gasteiger partial charge in [-0.05, 0) is 57.9 Å². The minimum Gasteiger partial charge on any atom is -0.361 e. The van der Waals surface area contributed by atoms with Crippen LogP contribution in [-0.4, -0.2) is 39.0 Å². The zero-order valence-electron chi connectivity index (χ0n) is 16.8. The first-order chi connectivity index (χ1) is 13.9. The van der Waals surface area contributed by atoms with Crippen LogP contribution in [0.5, 0.6) is 0 Å². The van der Waals surface area contributed by atoms with Crippen molar-refractivity contribution in [1.29, 1.82) is 0 Å². The summed E-state index contributed by atoms with van der Waals surface area (Å²) in [5.74, 6) is 1.16. The maximum Gasteiger partial charge on any atom is 0.253 e. The Bertz CT molecular complexity index is 1040. The number of hydrogen-bond acceptors (Lipinski definition) is 5. The fourth-order valence-electron chi connectivity index (χ4n) is 3.96. The predicted octanol–water partition coefficient (Wildman–Crippen LogP) is 4.22. The lowest BCUT2D eigenvalue weighted by molar-refractivity contribution is 0.0711. The molecule has 150 valence electrons. The zero-order chi connectivity index (χ0) is 20.5. The monoisotopic (exact) mass is 394 g/mol. The molecule has 3 aromatic rings. The molecule has 0 spiro atoms. The molecule has 0 radical (unpaired) electrons. The molecular formula is C22H23FN4O2. The first kappa shape index (κ1) is 19.2. The van der Waals surface area contributed by atoms with Crippen LogP contribution in [0.2, 0.25) is 0 Å². The summed E-state index contributed by atoms with van der Waals surface area (Å²) in [5.41, 5.74) is 3.91. The van der Waals surface area contributed by atoms with Gasteiger partial charge in [0.15, 0.2) is 0 Å². The number of benzene rings is 1.